The molecule has 0 aliphatic heterocycles. The van der Waals surface area contributed by atoms with Gasteiger partial charge in [0.05, 0.1) is 0 Å². The molecule has 1 saturated carbocycles. The van der Waals surface area contributed by atoms with E-state index < -0.39 is 0 Å². The minimum absolute atomic E-state index is 0.608. The van der Waals surface area contributed by atoms with Crippen LogP contribution in [0.5, 0.6) is 0 Å². The van der Waals surface area contributed by atoms with Gasteiger partial charge in [-0.3, -0.25) is 0 Å². The Labute approximate surface area is 116 Å². The predicted octanol–water partition coefficient (Wildman–Crippen LogP) is 4.34. The molecule has 0 bridgehead atoms. The zero-order valence-electron chi connectivity index (χ0n) is 11.6. The zero-order chi connectivity index (χ0) is 12.8. The molecule has 0 aromatic heterocycles. The third kappa shape index (κ3) is 3.76. The van der Waals surface area contributed by atoms with E-state index in [2.05, 4.69) is 49.5 Å². The lowest BCUT2D eigenvalue weighted by atomic mass is 9.95. The SMILES string of the molecule is CCCNC(C)C1(CCSc2ccccc2)CC1. The number of nitrogens with one attached hydrogen (secondary N) is 1. The average molecular weight is 263 g/mol. The molecule has 1 unspecified atom stereocenters. The molecule has 100 valence electrons. The molecule has 2 heteroatoms. The zero-order valence-corrected chi connectivity index (χ0v) is 12.4. The molecule has 1 fully saturated rings. The van der Waals surface area contributed by atoms with Gasteiger partial charge in [-0.2, -0.15) is 0 Å². The lowest BCUT2D eigenvalue weighted by Gasteiger charge is -2.24. The van der Waals surface area contributed by atoms with E-state index in [4.69, 9.17) is 0 Å². The van der Waals surface area contributed by atoms with E-state index in [1.54, 1.807) is 0 Å². The normalized spacial score (nSPS) is 18.6. The molecular formula is C16H25NS. The summed E-state index contributed by atoms with van der Waals surface area (Å²) in [6.07, 6.45) is 5.42. The summed E-state index contributed by atoms with van der Waals surface area (Å²) in [6.45, 7) is 5.77. The molecule has 1 aliphatic carbocycles. The van der Waals surface area contributed by atoms with Gasteiger partial charge in [0, 0.05) is 10.9 Å². The summed E-state index contributed by atoms with van der Waals surface area (Å²) in [5, 5.41) is 3.67. The molecule has 1 atom stereocenters. The van der Waals surface area contributed by atoms with Crippen molar-refractivity contribution in [2.24, 2.45) is 5.41 Å². The molecule has 1 aliphatic rings. The molecule has 1 aromatic rings. The molecule has 18 heavy (non-hydrogen) atoms. The van der Waals surface area contributed by atoms with E-state index >= 15 is 0 Å². The lowest BCUT2D eigenvalue weighted by Crippen LogP contribution is -2.35. The van der Waals surface area contributed by atoms with Crippen molar-refractivity contribution >= 4 is 11.8 Å². The molecule has 1 nitrogen and oxygen atoms in total. The van der Waals surface area contributed by atoms with E-state index in [-0.39, 0.29) is 0 Å². The van der Waals surface area contributed by atoms with Crippen LogP contribution in [0.25, 0.3) is 0 Å². The van der Waals surface area contributed by atoms with Crippen LogP contribution in [-0.2, 0) is 0 Å². The molecule has 0 saturated heterocycles. The highest BCUT2D eigenvalue weighted by Gasteiger charge is 2.46. The first-order chi connectivity index (χ1) is 8.77. The maximum atomic E-state index is 3.67. The Hall–Kier alpha value is -0.470. The predicted molar refractivity (Wildman–Crippen MR) is 81.2 cm³/mol. The molecule has 1 aromatic carbocycles. The number of rotatable bonds is 8. The third-order valence-electron chi connectivity index (χ3n) is 4.12. The van der Waals surface area contributed by atoms with Crippen LogP contribution in [0.3, 0.4) is 0 Å². The standard InChI is InChI=1S/C16H25NS/c1-3-12-17-14(2)16(9-10-16)11-13-18-15-7-5-4-6-8-15/h4-8,14,17H,3,9-13H2,1-2H3. The minimum Gasteiger partial charge on any atom is -0.314 e. The second-order valence-corrected chi connectivity index (χ2v) is 6.62. The van der Waals surface area contributed by atoms with Gasteiger partial charge in [0.1, 0.15) is 0 Å². The van der Waals surface area contributed by atoms with Gasteiger partial charge in [-0.15, -0.1) is 11.8 Å². The Morgan fingerprint density at radius 2 is 2.00 bits per heavy atom. The first kappa shape index (κ1) is 14.0. The van der Waals surface area contributed by atoms with Gasteiger partial charge in [-0.1, -0.05) is 25.1 Å². The number of benzene rings is 1. The van der Waals surface area contributed by atoms with Crippen LogP contribution in [-0.4, -0.2) is 18.3 Å². The first-order valence-electron chi connectivity index (χ1n) is 7.18. The molecule has 0 spiro atoms. The summed E-state index contributed by atoms with van der Waals surface area (Å²) in [7, 11) is 0. The van der Waals surface area contributed by atoms with Crippen molar-refractivity contribution in [2.45, 2.75) is 50.5 Å². The Balaban J connectivity index is 1.73. The van der Waals surface area contributed by atoms with Crippen LogP contribution in [0.1, 0.15) is 39.5 Å². The lowest BCUT2D eigenvalue weighted by molar-refractivity contribution is 0.344. The van der Waals surface area contributed by atoms with E-state index in [1.807, 2.05) is 11.8 Å². The van der Waals surface area contributed by atoms with Crippen LogP contribution in [0.4, 0.5) is 0 Å². The van der Waals surface area contributed by atoms with Crippen molar-refractivity contribution in [3.8, 4) is 0 Å². The summed E-state index contributed by atoms with van der Waals surface area (Å²) in [6, 6.07) is 11.4. The van der Waals surface area contributed by atoms with Crippen molar-refractivity contribution in [2.75, 3.05) is 12.3 Å². The Morgan fingerprint density at radius 3 is 2.61 bits per heavy atom. The molecule has 2 rings (SSSR count). The van der Waals surface area contributed by atoms with E-state index in [1.165, 1.54) is 36.3 Å². The van der Waals surface area contributed by atoms with Crippen LogP contribution >= 0.6 is 11.8 Å². The molecule has 0 radical (unpaired) electrons. The summed E-state index contributed by atoms with van der Waals surface area (Å²) in [5.41, 5.74) is 0.608. The highest BCUT2D eigenvalue weighted by atomic mass is 32.2. The van der Waals surface area contributed by atoms with Gasteiger partial charge < -0.3 is 5.32 Å². The van der Waals surface area contributed by atoms with Crippen LogP contribution in [0.2, 0.25) is 0 Å². The quantitative estimate of drug-likeness (QED) is 0.700. The Morgan fingerprint density at radius 1 is 1.28 bits per heavy atom. The fraction of sp³-hybridized carbons (Fsp3) is 0.625. The molecular weight excluding hydrogens is 238 g/mol. The fourth-order valence-electron chi connectivity index (χ4n) is 2.53. The average Bonchev–Trinajstić information content (AvgIpc) is 3.18. The first-order valence-corrected chi connectivity index (χ1v) is 8.17. The van der Waals surface area contributed by atoms with Crippen LogP contribution in [0.15, 0.2) is 35.2 Å². The Kier molecular flexibility index (Phi) is 5.13. The van der Waals surface area contributed by atoms with Crippen LogP contribution < -0.4 is 5.32 Å². The van der Waals surface area contributed by atoms with Crippen molar-refractivity contribution in [3.63, 3.8) is 0 Å². The maximum Gasteiger partial charge on any atom is 0.00954 e. The number of hydrogen-bond donors (Lipinski definition) is 1. The fourth-order valence-corrected chi connectivity index (χ4v) is 3.62. The van der Waals surface area contributed by atoms with E-state index in [0.717, 1.165) is 6.54 Å². The summed E-state index contributed by atoms with van der Waals surface area (Å²) < 4.78 is 0. The number of thioether (sulfide) groups is 1. The smallest absolute Gasteiger partial charge is 0.00954 e. The summed E-state index contributed by atoms with van der Waals surface area (Å²) >= 11 is 2.00. The highest BCUT2D eigenvalue weighted by molar-refractivity contribution is 7.99. The minimum atomic E-state index is 0.608. The monoisotopic (exact) mass is 263 g/mol. The topological polar surface area (TPSA) is 12.0 Å². The van der Waals surface area contributed by atoms with Crippen molar-refractivity contribution in [3.05, 3.63) is 30.3 Å². The molecule has 0 heterocycles. The van der Waals surface area contributed by atoms with E-state index in [9.17, 15) is 0 Å². The molecule has 0 amide bonds. The maximum absolute atomic E-state index is 3.67. The van der Waals surface area contributed by atoms with Gasteiger partial charge >= 0.3 is 0 Å². The summed E-state index contributed by atoms with van der Waals surface area (Å²) in [4.78, 5) is 1.41. The largest absolute Gasteiger partial charge is 0.314 e. The highest BCUT2D eigenvalue weighted by Crippen LogP contribution is 2.52. The van der Waals surface area contributed by atoms with Gasteiger partial charge in [0.2, 0.25) is 0 Å². The number of hydrogen-bond acceptors (Lipinski definition) is 2. The summed E-state index contributed by atoms with van der Waals surface area (Å²) in [5.74, 6) is 1.25. The van der Waals surface area contributed by atoms with Gasteiger partial charge in [-0.25, -0.2) is 0 Å². The van der Waals surface area contributed by atoms with Gasteiger partial charge in [-0.05, 0) is 62.5 Å². The Bertz CT molecular complexity index is 345. The second-order valence-electron chi connectivity index (χ2n) is 5.45. The second kappa shape index (κ2) is 6.63. The van der Waals surface area contributed by atoms with Gasteiger partial charge in [0.25, 0.3) is 0 Å². The van der Waals surface area contributed by atoms with Crippen molar-refractivity contribution in [1.82, 2.24) is 5.32 Å². The van der Waals surface area contributed by atoms with Gasteiger partial charge in [0.15, 0.2) is 0 Å². The molecule has 1 N–H and O–H groups in total. The third-order valence-corrected chi connectivity index (χ3v) is 5.14. The van der Waals surface area contributed by atoms with Crippen molar-refractivity contribution < 1.29 is 0 Å². The van der Waals surface area contributed by atoms with Crippen molar-refractivity contribution in [1.29, 1.82) is 0 Å². The van der Waals surface area contributed by atoms with E-state index in [0.29, 0.717) is 11.5 Å². The van der Waals surface area contributed by atoms with Crippen LogP contribution in [0, 0.1) is 5.41 Å².